The predicted octanol–water partition coefficient (Wildman–Crippen LogP) is 3.15. The van der Waals surface area contributed by atoms with Crippen molar-refractivity contribution in [2.24, 2.45) is 0 Å². The summed E-state index contributed by atoms with van der Waals surface area (Å²) in [6.45, 7) is 0.672. The minimum Gasteiger partial charge on any atom is -0.368 e. The smallest absolute Gasteiger partial charge is 0.193 e. The maximum Gasteiger partial charge on any atom is 0.193 e. The summed E-state index contributed by atoms with van der Waals surface area (Å²) in [6.07, 6.45) is -0.283. The molecule has 2 aromatic rings. The SMILES string of the molecule is O=C(c1cccc2ccccc12)C1CSCCO1. The van der Waals surface area contributed by atoms with E-state index in [4.69, 9.17) is 4.74 Å². The van der Waals surface area contributed by atoms with E-state index in [1.165, 1.54) is 0 Å². The van der Waals surface area contributed by atoms with E-state index in [1.807, 2.05) is 42.5 Å². The number of thioether (sulfide) groups is 1. The summed E-state index contributed by atoms with van der Waals surface area (Å²) < 4.78 is 5.57. The second-order valence-electron chi connectivity index (χ2n) is 4.33. The molecule has 0 aromatic heterocycles. The first-order valence-electron chi connectivity index (χ1n) is 6.07. The third-order valence-electron chi connectivity index (χ3n) is 3.16. The normalized spacial score (nSPS) is 19.9. The summed E-state index contributed by atoms with van der Waals surface area (Å²) in [5, 5.41) is 2.12. The monoisotopic (exact) mass is 258 g/mol. The van der Waals surface area contributed by atoms with Crippen LogP contribution in [0.1, 0.15) is 10.4 Å². The summed E-state index contributed by atoms with van der Waals surface area (Å²) >= 11 is 1.79. The minimum atomic E-state index is -0.283. The van der Waals surface area contributed by atoms with Crippen molar-refractivity contribution in [3.8, 4) is 0 Å². The number of benzene rings is 2. The first-order chi connectivity index (χ1) is 8.86. The molecule has 1 aliphatic heterocycles. The largest absolute Gasteiger partial charge is 0.368 e. The fourth-order valence-electron chi connectivity index (χ4n) is 2.25. The Morgan fingerprint density at radius 1 is 1.17 bits per heavy atom. The summed E-state index contributed by atoms with van der Waals surface area (Å²) in [5.41, 5.74) is 0.778. The average Bonchev–Trinajstić information content (AvgIpc) is 2.47. The van der Waals surface area contributed by atoms with Crippen molar-refractivity contribution in [1.29, 1.82) is 0 Å². The molecule has 1 fully saturated rings. The maximum absolute atomic E-state index is 12.5. The van der Waals surface area contributed by atoms with Gasteiger partial charge in [0.25, 0.3) is 0 Å². The second-order valence-corrected chi connectivity index (χ2v) is 5.48. The standard InChI is InChI=1S/C15H14O2S/c16-15(14-10-18-9-8-17-14)13-7-3-5-11-4-1-2-6-12(11)13/h1-7,14H,8-10H2. The van der Waals surface area contributed by atoms with E-state index < -0.39 is 0 Å². The van der Waals surface area contributed by atoms with Gasteiger partial charge >= 0.3 is 0 Å². The molecule has 0 N–H and O–H groups in total. The van der Waals surface area contributed by atoms with Gasteiger partial charge in [0.2, 0.25) is 0 Å². The first-order valence-corrected chi connectivity index (χ1v) is 7.23. The fraction of sp³-hybridized carbons (Fsp3) is 0.267. The zero-order valence-electron chi connectivity index (χ0n) is 9.96. The molecule has 0 saturated carbocycles. The number of Topliss-reactive ketones (excluding diaryl/α,β-unsaturated/α-hetero) is 1. The molecule has 0 radical (unpaired) electrons. The molecule has 0 spiro atoms. The van der Waals surface area contributed by atoms with Crippen LogP contribution in [0.2, 0.25) is 0 Å². The van der Waals surface area contributed by atoms with Crippen LogP contribution in [0.5, 0.6) is 0 Å². The van der Waals surface area contributed by atoms with Gasteiger partial charge in [-0.15, -0.1) is 0 Å². The lowest BCUT2D eigenvalue weighted by atomic mass is 9.99. The van der Waals surface area contributed by atoms with Gasteiger partial charge in [-0.05, 0) is 10.8 Å². The molecular weight excluding hydrogens is 244 g/mol. The number of fused-ring (bicyclic) bond motifs is 1. The van der Waals surface area contributed by atoms with Crippen molar-refractivity contribution in [2.45, 2.75) is 6.10 Å². The van der Waals surface area contributed by atoms with Crippen molar-refractivity contribution in [3.63, 3.8) is 0 Å². The van der Waals surface area contributed by atoms with Crippen LogP contribution in [-0.2, 0) is 4.74 Å². The molecule has 0 aliphatic carbocycles. The fourth-order valence-corrected chi connectivity index (χ4v) is 3.10. The van der Waals surface area contributed by atoms with E-state index in [0.717, 1.165) is 27.8 Å². The molecule has 1 heterocycles. The van der Waals surface area contributed by atoms with Crippen LogP contribution in [0.4, 0.5) is 0 Å². The molecule has 3 heteroatoms. The Morgan fingerprint density at radius 2 is 2.00 bits per heavy atom. The van der Waals surface area contributed by atoms with E-state index in [2.05, 4.69) is 0 Å². The summed E-state index contributed by atoms with van der Waals surface area (Å²) in [6, 6.07) is 13.8. The Morgan fingerprint density at radius 3 is 2.83 bits per heavy atom. The molecule has 0 bridgehead atoms. The van der Waals surface area contributed by atoms with Crippen molar-refractivity contribution in [3.05, 3.63) is 48.0 Å². The molecule has 2 aromatic carbocycles. The number of carbonyl (C=O) groups is 1. The Hall–Kier alpha value is -1.32. The second kappa shape index (κ2) is 5.12. The third kappa shape index (κ3) is 2.16. The minimum absolute atomic E-state index is 0.110. The lowest BCUT2D eigenvalue weighted by Crippen LogP contribution is -2.31. The van der Waals surface area contributed by atoms with Crippen molar-refractivity contribution in [2.75, 3.05) is 18.1 Å². The van der Waals surface area contributed by atoms with Crippen molar-refractivity contribution in [1.82, 2.24) is 0 Å². The van der Waals surface area contributed by atoms with Crippen LogP contribution in [0, 0.1) is 0 Å². The molecular formula is C15H14O2S. The Labute approximate surface area is 110 Å². The van der Waals surface area contributed by atoms with Crippen LogP contribution in [0.25, 0.3) is 10.8 Å². The van der Waals surface area contributed by atoms with Crippen LogP contribution < -0.4 is 0 Å². The molecule has 92 valence electrons. The molecule has 0 amide bonds. The molecule has 1 saturated heterocycles. The Kier molecular flexibility index (Phi) is 3.35. The van der Waals surface area contributed by atoms with Gasteiger partial charge in [0.15, 0.2) is 5.78 Å². The van der Waals surface area contributed by atoms with Gasteiger partial charge < -0.3 is 4.74 Å². The highest BCUT2D eigenvalue weighted by atomic mass is 32.2. The lowest BCUT2D eigenvalue weighted by Gasteiger charge is -2.21. The van der Waals surface area contributed by atoms with Crippen LogP contribution >= 0.6 is 11.8 Å². The van der Waals surface area contributed by atoms with Gasteiger partial charge in [-0.1, -0.05) is 42.5 Å². The number of hydrogen-bond acceptors (Lipinski definition) is 3. The predicted molar refractivity (Wildman–Crippen MR) is 75.3 cm³/mol. The van der Waals surface area contributed by atoms with Crippen LogP contribution in [0.3, 0.4) is 0 Å². The molecule has 2 nitrogen and oxygen atoms in total. The van der Waals surface area contributed by atoms with Crippen molar-refractivity contribution >= 4 is 28.3 Å². The van der Waals surface area contributed by atoms with Gasteiger partial charge in [0.05, 0.1) is 6.61 Å². The van der Waals surface area contributed by atoms with Gasteiger partial charge in [0, 0.05) is 17.1 Å². The van der Waals surface area contributed by atoms with Crippen molar-refractivity contribution < 1.29 is 9.53 Å². The van der Waals surface area contributed by atoms with E-state index in [1.54, 1.807) is 11.8 Å². The van der Waals surface area contributed by atoms with E-state index in [9.17, 15) is 4.79 Å². The van der Waals surface area contributed by atoms with E-state index >= 15 is 0 Å². The highest BCUT2D eigenvalue weighted by Crippen LogP contribution is 2.23. The molecule has 3 rings (SSSR count). The number of ketones is 1. The van der Waals surface area contributed by atoms with Gasteiger partial charge in [-0.25, -0.2) is 0 Å². The lowest BCUT2D eigenvalue weighted by molar-refractivity contribution is 0.0520. The molecule has 1 atom stereocenters. The highest BCUT2D eigenvalue weighted by Gasteiger charge is 2.24. The molecule has 1 aliphatic rings. The molecule has 18 heavy (non-hydrogen) atoms. The van der Waals surface area contributed by atoms with E-state index in [0.29, 0.717) is 6.61 Å². The van der Waals surface area contributed by atoms with Crippen LogP contribution in [0.15, 0.2) is 42.5 Å². The third-order valence-corrected chi connectivity index (χ3v) is 4.16. The van der Waals surface area contributed by atoms with Crippen LogP contribution in [-0.4, -0.2) is 30.0 Å². The van der Waals surface area contributed by atoms with Gasteiger partial charge in [-0.2, -0.15) is 11.8 Å². The first kappa shape index (κ1) is 11.8. The summed E-state index contributed by atoms with van der Waals surface area (Å²) in [7, 11) is 0. The molecule has 1 unspecified atom stereocenters. The number of rotatable bonds is 2. The zero-order chi connectivity index (χ0) is 12.4. The maximum atomic E-state index is 12.5. The summed E-state index contributed by atoms with van der Waals surface area (Å²) in [5.74, 6) is 1.86. The van der Waals surface area contributed by atoms with E-state index in [-0.39, 0.29) is 11.9 Å². The number of ether oxygens (including phenoxy) is 1. The number of hydrogen-bond donors (Lipinski definition) is 0. The summed E-state index contributed by atoms with van der Waals surface area (Å²) in [4.78, 5) is 12.5. The quantitative estimate of drug-likeness (QED) is 0.774. The van der Waals surface area contributed by atoms with Gasteiger partial charge in [-0.3, -0.25) is 4.79 Å². The Balaban J connectivity index is 2.00. The highest BCUT2D eigenvalue weighted by molar-refractivity contribution is 7.99. The Bertz CT molecular complexity index is 568. The topological polar surface area (TPSA) is 26.3 Å². The zero-order valence-corrected chi connectivity index (χ0v) is 10.8. The average molecular weight is 258 g/mol. The number of carbonyl (C=O) groups excluding carboxylic acids is 1. The van der Waals surface area contributed by atoms with Gasteiger partial charge in [0.1, 0.15) is 6.10 Å².